The minimum Gasteiger partial charge on any atom is -0.358 e. The van der Waals surface area contributed by atoms with E-state index in [1.54, 1.807) is 0 Å². The zero-order chi connectivity index (χ0) is 33.9. The largest absolute Gasteiger partial charge is 0.435 e. The standard InChI is InChI=1S/C27H26F8N2O6S2/c1-36-21(38)23(11-14-44(40,41)15-12-23)22(39)37-13-10-24(16-37,45(42,43)20-8-6-19(28)7-9-20)17-2-4-18(5-3-17)25(29,26(30,31)32)27(33,34)35/h2-9H,10-16H2,1H3,(H,36,38)/t24-/m0/s1. The maximum Gasteiger partial charge on any atom is 0.435 e. The van der Waals surface area contributed by atoms with Gasteiger partial charge in [-0.25, -0.2) is 25.6 Å². The third kappa shape index (κ3) is 5.57. The second-order valence-corrected chi connectivity index (χ2v) is 15.5. The molecule has 2 fully saturated rings. The number of likely N-dealkylation sites (tertiary alicyclic amines) is 1. The van der Waals surface area contributed by atoms with Crippen LogP contribution in [0.1, 0.15) is 30.4 Å². The fourth-order valence-electron chi connectivity index (χ4n) is 5.86. The Hall–Kier alpha value is -3.28. The van der Waals surface area contributed by atoms with E-state index in [0.717, 1.165) is 29.2 Å². The summed E-state index contributed by atoms with van der Waals surface area (Å²) in [6, 6.07) is 4.83. The van der Waals surface area contributed by atoms with E-state index in [1.807, 2.05) is 0 Å². The quantitative estimate of drug-likeness (QED) is 0.279. The van der Waals surface area contributed by atoms with Crippen molar-refractivity contribution in [3.05, 3.63) is 65.5 Å². The molecule has 0 spiro atoms. The van der Waals surface area contributed by atoms with Crippen LogP contribution in [-0.2, 0) is 39.7 Å². The highest BCUT2D eigenvalue weighted by molar-refractivity contribution is 7.92. The number of hydrogen-bond donors (Lipinski definition) is 1. The van der Waals surface area contributed by atoms with Crippen molar-refractivity contribution in [3.63, 3.8) is 0 Å². The van der Waals surface area contributed by atoms with E-state index in [9.17, 15) is 61.5 Å². The SMILES string of the molecule is CNC(=O)C1(C(=O)N2CC[C@](c3ccc(C(F)(C(F)(F)F)C(F)(F)F)cc3)(S(=O)(=O)c3ccc(F)cc3)C2)CCS(=O)(=O)CC1. The Morgan fingerprint density at radius 1 is 0.844 bits per heavy atom. The van der Waals surface area contributed by atoms with E-state index < -0.39 is 119 Å². The van der Waals surface area contributed by atoms with Gasteiger partial charge in [0.05, 0.1) is 16.4 Å². The van der Waals surface area contributed by atoms with Crippen molar-refractivity contribution in [1.29, 1.82) is 0 Å². The molecular weight excluding hydrogens is 664 g/mol. The van der Waals surface area contributed by atoms with Crippen molar-refractivity contribution >= 4 is 31.5 Å². The van der Waals surface area contributed by atoms with Gasteiger partial charge < -0.3 is 10.2 Å². The summed E-state index contributed by atoms with van der Waals surface area (Å²) < 4.78 is 159. The van der Waals surface area contributed by atoms with Crippen LogP contribution in [0.4, 0.5) is 35.1 Å². The number of nitrogens with zero attached hydrogens (tertiary/aromatic N) is 1. The minimum atomic E-state index is -6.43. The predicted molar refractivity (Wildman–Crippen MR) is 142 cm³/mol. The van der Waals surface area contributed by atoms with Crippen LogP contribution < -0.4 is 5.32 Å². The molecule has 1 N–H and O–H groups in total. The Labute approximate surface area is 252 Å². The van der Waals surface area contributed by atoms with Gasteiger partial charge in [-0.1, -0.05) is 24.3 Å². The lowest BCUT2D eigenvalue weighted by Gasteiger charge is -2.37. The number of alkyl halides is 7. The lowest BCUT2D eigenvalue weighted by molar-refractivity contribution is -0.348. The highest BCUT2D eigenvalue weighted by atomic mass is 32.2. The zero-order valence-electron chi connectivity index (χ0n) is 23.3. The van der Waals surface area contributed by atoms with Crippen LogP contribution in [0.15, 0.2) is 53.4 Å². The maximum absolute atomic E-state index is 14.7. The molecular formula is C27H26F8N2O6S2. The van der Waals surface area contributed by atoms with Crippen molar-refractivity contribution in [2.45, 2.75) is 46.9 Å². The van der Waals surface area contributed by atoms with Gasteiger partial charge in [0.2, 0.25) is 11.8 Å². The van der Waals surface area contributed by atoms with Crippen molar-refractivity contribution in [3.8, 4) is 0 Å². The highest BCUT2D eigenvalue weighted by Gasteiger charge is 2.73. The van der Waals surface area contributed by atoms with E-state index in [-0.39, 0.29) is 18.7 Å². The first-order valence-electron chi connectivity index (χ1n) is 13.2. The van der Waals surface area contributed by atoms with Gasteiger partial charge in [-0.15, -0.1) is 0 Å². The van der Waals surface area contributed by atoms with E-state index in [4.69, 9.17) is 0 Å². The number of amides is 2. The predicted octanol–water partition coefficient (Wildman–Crippen LogP) is 3.96. The topological polar surface area (TPSA) is 118 Å². The molecule has 2 aromatic carbocycles. The molecule has 2 heterocycles. The number of benzene rings is 2. The molecule has 4 rings (SSSR count). The fraction of sp³-hybridized carbons (Fsp3) is 0.481. The minimum absolute atomic E-state index is 0.154. The number of carbonyl (C=O) groups excluding carboxylic acids is 2. The van der Waals surface area contributed by atoms with Gasteiger partial charge in [0.1, 0.15) is 25.8 Å². The molecule has 0 unspecified atom stereocenters. The summed E-state index contributed by atoms with van der Waals surface area (Å²) in [5, 5.41) is 2.31. The Morgan fingerprint density at radius 2 is 1.36 bits per heavy atom. The van der Waals surface area contributed by atoms with Gasteiger partial charge in [0.15, 0.2) is 9.84 Å². The average Bonchev–Trinajstić information content (AvgIpc) is 3.43. The zero-order valence-corrected chi connectivity index (χ0v) is 24.9. The smallest absolute Gasteiger partial charge is 0.358 e. The van der Waals surface area contributed by atoms with Gasteiger partial charge in [-0.2, -0.15) is 26.3 Å². The molecule has 0 bridgehead atoms. The second kappa shape index (κ2) is 11.2. The summed E-state index contributed by atoms with van der Waals surface area (Å²) >= 11 is 0. The number of rotatable bonds is 6. The highest BCUT2D eigenvalue weighted by Crippen LogP contribution is 2.54. The Morgan fingerprint density at radius 3 is 1.82 bits per heavy atom. The molecule has 2 saturated heterocycles. The van der Waals surface area contributed by atoms with E-state index >= 15 is 0 Å². The molecule has 2 aromatic rings. The lowest BCUT2D eigenvalue weighted by atomic mass is 9.79. The molecule has 0 saturated carbocycles. The van der Waals surface area contributed by atoms with E-state index in [0.29, 0.717) is 12.1 Å². The van der Waals surface area contributed by atoms with Gasteiger partial charge >= 0.3 is 18.0 Å². The average molecular weight is 691 g/mol. The number of halogens is 8. The summed E-state index contributed by atoms with van der Waals surface area (Å²) in [5.74, 6) is -3.63. The van der Waals surface area contributed by atoms with Crippen LogP contribution >= 0.6 is 0 Å². The summed E-state index contributed by atoms with van der Waals surface area (Å²) in [7, 11) is -7.11. The number of hydrogen-bond acceptors (Lipinski definition) is 6. The van der Waals surface area contributed by atoms with E-state index in [1.165, 1.54) is 7.05 Å². The van der Waals surface area contributed by atoms with Crippen LogP contribution in [0.25, 0.3) is 0 Å². The maximum atomic E-state index is 14.7. The van der Waals surface area contributed by atoms with Gasteiger partial charge in [-0.05, 0) is 49.1 Å². The molecule has 2 amide bonds. The number of nitrogens with one attached hydrogen (secondary N) is 1. The second-order valence-electron chi connectivity index (χ2n) is 11.0. The third-order valence-corrected chi connectivity index (χ3v) is 12.6. The molecule has 18 heteroatoms. The Balaban J connectivity index is 1.84. The normalized spacial score (nSPS) is 22.2. The molecule has 0 aliphatic carbocycles. The van der Waals surface area contributed by atoms with Crippen LogP contribution in [0.5, 0.6) is 0 Å². The first kappa shape index (κ1) is 34.6. The number of carbonyl (C=O) groups is 2. The van der Waals surface area contributed by atoms with E-state index in [2.05, 4.69) is 5.32 Å². The molecule has 2 aliphatic heterocycles. The van der Waals surface area contributed by atoms with Crippen LogP contribution in [-0.4, -0.2) is 77.5 Å². The molecule has 0 radical (unpaired) electrons. The van der Waals surface area contributed by atoms with Gasteiger partial charge in [0.25, 0.3) is 0 Å². The number of sulfone groups is 2. The summed E-state index contributed by atoms with van der Waals surface area (Å²) in [4.78, 5) is 27.3. The van der Waals surface area contributed by atoms with Crippen molar-refractivity contribution < 1.29 is 61.5 Å². The summed E-state index contributed by atoms with van der Waals surface area (Å²) in [6.07, 6.45) is -14.2. The molecule has 2 aliphatic rings. The van der Waals surface area contributed by atoms with Crippen molar-refractivity contribution in [2.24, 2.45) is 5.41 Å². The van der Waals surface area contributed by atoms with Gasteiger partial charge in [0, 0.05) is 25.7 Å². The Kier molecular flexibility index (Phi) is 8.61. The monoisotopic (exact) mass is 690 g/mol. The fourth-order valence-corrected chi connectivity index (χ4v) is 9.46. The molecule has 8 nitrogen and oxygen atoms in total. The molecule has 45 heavy (non-hydrogen) atoms. The third-order valence-electron chi connectivity index (χ3n) is 8.50. The Bertz CT molecular complexity index is 1660. The molecule has 248 valence electrons. The van der Waals surface area contributed by atoms with Crippen molar-refractivity contribution in [2.75, 3.05) is 31.6 Å². The summed E-state index contributed by atoms with van der Waals surface area (Å²) in [6.45, 7) is -1.15. The van der Waals surface area contributed by atoms with Crippen LogP contribution in [0, 0.1) is 11.2 Å². The van der Waals surface area contributed by atoms with Crippen LogP contribution in [0.2, 0.25) is 0 Å². The molecule has 0 aromatic heterocycles. The lowest BCUT2D eigenvalue weighted by Crippen LogP contribution is -2.55. The van der Waals surface area contributed by atoms with Crippen LogP contribution in [0.3, 0.4) is 0 Å². The first-order valence-corrected chi connectivity index (χ1v) is 16.5. The van der Waals surface area contributed by atoms with Gasteiger partial charge in [-0.3, -0.25) is 9.59 Å². The summed E-state index contributed by atoms with van der Waals surface area (Å²) in [5.41, 5.74) is -9.97. The van der Waals surface area contributed by atoms with Crippen molar-refractivity contribution in [1.82, 2.24) is 10.2 Å². The first-order chi connectivity index (χ1) is 20.6. The molecule has 1 atom stereocenters.